The van der Waals surface area contributed by atoms with Crippen LogP contribution < -0.4 is 0 Å². The average molecular weight is 333 g/mol. The van der Waals surface area contributed by atoms with Crippen molar-refractivity contribution in [1.29, 1.82) is 0 Å². The molecule has 0 saturated carbocycles. The van der Waals surface area contributed by atoms with E-state index in [2.05, 4.69) is 13.2 Å². The third-order valence-corrected chi connectivity index (χ3v) is 4.96. The molecule has 0 bridgehead atoms. The number of rotatable bonds is 8. The monoisotopic (exact) mass is 333 g/mol. The molecule has 130 valence electrons. The molecule has 2 rings (SSSR count). The number of likely N-dealkylation sites (tertiary alicyclic amines) is 1. The van der Waals surface area contributed by atoms with Crippen LogP contribution in [0.2, 0.25) is 0 Å². The van der Waals surface area contributed by atoms with E-state index in [1.165, 1.54) is 6.07 Å². The van der Waals surface area contributed by atoms with E-state index >= 15 is 0 Å². The molecule has 0 spiro atoms. The maximum absolute atomic E-state index is 13.6. The van der Waals surface area contributed by atoms with Crippen molar-refractivity contribution in [2.75, 3.05) is 13.1 Å². The molecular formula is C20H25F2NO. The number of hydrogen-bond donors (Lipinski definition) is 0. The number of amides is 1. The number of carbonyl (C=O) groups excluding carboxylic acids is 1. The molecule has 0 aromatic heterocycles. The fraction of sp³-hybridized carbons (Fsp3) is 0.450. The van der Waals surface area contributed by atoms with E-state index in [9.17, 15) is 13.6 Å². The lowest BCUT2D eigenvalue weighted by atomic mass is 9.79. The van der Waals surface area contributed by atoms with Crippen LogP contribution in [0.1, 0.15) is 36.8 Å². The summed E-state index contributed by atoms with van der Waals surface area (Å²) >= 11 is 0. The lowest BCUT2D eigenvalue weighted by Crippen LogP contribution is -2.34. The van der Waals surface area contributed by atoms with Gasteiger partial charge in [-0.2, -0.15) is 0 Å². The van der Waals surface area contributed by atoms with Gasteiger partial charge in [0.05, 0.1) is 5.41 Å². The molecule has 1 amide bonds. The van der Waals surface area contributed by atoms with Gasteiger partial charge >= 0.3 is 0 Å². The summed E-state index contributed by atoms with van der Waals surface area (Å²) in [6, 6.07) is 2.28. The number of benzene rings is 1. The minimum atomic E-state index is -0.554. The van der Waals surface area contributed by atoms with Gasteiger partial charge < -0.3 is 4.90 Å². The molecular weight excluding hydrogens is 308 g/mol. The number of halogens is 2. The first-order chi connectivity index (χ1) is 11.4. The molecule has 1 aliphatic rings. The van der Waals surface area contributed by atoms with Crippen molar-refractivity contribution in [2.24, 2.45) is 5.41 Å². The summed E-state index contributed by atoms with van der Waals surface area (Å²) in [6.45, 7) is 10.5. The molecule has 0 unspecified atom stereocenters. The molecule has 1 saturated heterocycles. The highest BCUT2D eigenvalue weighted by Crippen LogP contribution is 2.39. The Kier molecular flexibility index (Phi) is 5.92. The smallest absolute Gasteiger partial charge is 0.229 e. The molecule has 0 aliphatic carbocycles. The molecule has 1 fully saturated rings. The highest BCUT2D eigenvalue weighted by atomic mass is 19.1. The average Bonchev–Trinajstić information content (AvgIpc) is 2.82. The number of nitrogens with zero attached hydrogens (tertiary/aromatic N) is 1. The van der Waals surface area contributed by atoms with Crippen molar-refractivity contribution in [3.63, 3.8) is 0 Å². The Bertz CT molecular complexity index is 629. The Morgan fingerprint density at radius 1 is 1.25 bits per heavy atom. The third kappa shape index (κ3) is 3.74. The van der Waals surface area contributed by atoms with E-state index in [1.54, 1.807) is 19.1 Å². The van der Waals surface area contributed by atoms with E-state index in [0.717, 1.165) is 19.0 Å². The van der Waals surface area contributed by atoms with Crippen molar-refractivity contribution >= 4 is 5.91 Å². The van der Waals surface area contributed by atoms with Crippen molar-refractivity contribution in [3.05, 3.63) is 60.2 Å². The number of allylic oxidation sites excluding steroid dienone is 2. The predicted molar refractivity (Wildman–Crippen MR) is 92.7 cm³/mol. The zero-order valence-corrected chi connectivity index (χ0v) is 14.3. The summed E-state index contributed by atoms with van der Waals surface area (Å²) < 4.78 is 26.9. The number of aryl methyl sites for hydroxylation is 1. The molecule has 1 aromatic rings. The second kappa shape index (κ2) is 7.73. The maximum Gasteiger partial charge on any atom is 0.229 e. The van der Waals surface area contributed by atoms with Crippen molar-refractivity contribution < 1.29 is 13.6 Å². The van der Waals surface area contributed by atoms with Crippen LogP contribution in [-0.2, 0) is 11.2 Å². The Balaban J connectivity index is 1.97. The molecule has 1 heterocycles. The zero-order chi connectivity index (χ0) is 17.7. The Morgan fingerprint density at radius 3 is 2.54 bits per heavy atom. The molecule has 1 aromatic carbocycles. The van der Waals surface area contributed by atoms with E-state index in [0.29, 0.717) is 43.4 Å². The molecule has 0 atom stereocenters. The SMILES string of the molecule is C=CCC1(CC=C)CCN(CCCc2cc(F)cc(F)c2C)C1=O. The predicted octanol–water partition coefficient (Wildman–Crippen LogP) is 4.58. The summed E-state index contributed by atoms with van der Waals surface area (Å²) in [5.74, 6) is -0.927. The summed E-state index contributed by atoms with van der Waals surface area (Å²) in [4.78, 5) is 14.6. The fourth-order valence-electron chi connectivity index (χ4n) is 3.54. The van der Waals surface area contributed by atoms with Gasteiger partial charge in [-0.1, -0.05) is 12.2 Å². The minimum Gasteiger partial charge on any atom is -0.342 e. The molecule has 24 heavy (non-hydrogen) atoms. The molecule has 2 nitrogen and oxygen atoms in total. The van der Waals surface area contributed by atoms with Gasteiger partial charge in [-0.25, -0.2) is 8.78 Å². The van der Waals surface area contributed by atoms with Crippen LogP contribution in [0, 0.1) is 24.0 Å². The first-order valence-corrected chi connectivity index (χ1v) is 8.39. The number of carbonyl (C=O) groups is 1. The van der Waals surface area contributed by atoms with Crippen molar-refractivity contribution in [3.8, 4) is 0 Å². The third-order valence-electron chi connectivity index (χ3n) is 4.96. The van der Waals surface area contributed by atoms with Crippen molar-refractivity contribution in [2.45, 2.75) is 39.0 Å². The van der Waals surface area contributed by atoms with E-state index in [4.69, 9.17) is 0 Å². The van der Waals surface area contributed by atoms with Gasteiger partial charge in [0, 0.05) is 19.2 Å². The molecule has 0 N–H and O–H groups in total. The Morgan fingerprint density at radius 2 is 1.92 bits per heavy atom. The van der Waals surface area contributed by atoms with Crippen LogP contribution in [0.25, 0.3) is 0 Å². The second-order valence-corrected chi connectivity index (χ2v) is 6.58. The first-order valence-electron chi connectivity index (χ1n) is 8.39. The van der Waals surface area contributed by atoms with Crippen LogP contribution in [0.15, 0.2) is 37.4 Å². The van der Waals surface area contributed by atoms with Crippen LogP contribution in [0.5, 0.6) is 0 Å². The first kappa shape index (κ1) is 18.4. The van der Waals surface area contributed by atoms with E-state index in [-0.39, 0.29) is 5.91 Å². The summed E-state index contributed by atoms with van der Waals surface area (Å²) in [5.41, 5.74) is 0.754. The van der Waals surface area contributed by atoms with Gasteiger partial charge in [-0.05, 0) is 56.2 Å². The van der Waals surface area contributed by atoms with Crippen LogP contribution in [0.3, 0.4) is 0 Å². The fourth-order valence-corrected chi connectivity index (χ4v) is 3.54. The topological polar surface area (TPSA) is 20.3 Å². The minimum absolute atomic E-state index is 0.143. The largest absolute Gasteiger partial charge is 0.342 e. The molecule has 4 heteroatoms. The standard InChI is InChI=1S/C20H25F2NO/c1-4-8-20(9-5-2)10-12-23(19(20)24)11-6-7-16-13-17(21)14-18(22)15(16)3/h4-5,13-14H,1-2,6-12H2,3H3. The lowest BCUT2D eigenvalue weighted by molar-refractivity contribution is -0.135. The maximum atomic E-state index is 13.6. The highest BCUT2D eigenvalue weighted by molar-refractivity contribution is 5.85. The van der Waals surface area contributed by atoms with Crippen molar-refractivity contribution in [1.82, 2.24) is 4.90 Å². The summed E-state index contributed by atoms with van der Waals surface area (Å²) in [5, 5.41) is 0. The summed E-state index contributed by atoms with van der Waals surface area (Å²) in [6.07, 6.45) is 6.95. The van der Waals surface area contributed by atoms with Gasteiger partial charge in [-0.3, -0.25) is 4.79 Å². The lowest BCUT2D eigenvalue weighted by Gasteiger charge is -2.25. The summed E-state index contributed by atoms with van der Waals surface area (Å²) in [7, 11) is 0. The Hall–Kier alpha value is -1.97. The van der Waals surface area contributed by atoms with Gasteiger partial charge in [0.1, 0.15) is 11.6 Å². The van der Waals surface area contributed by atoms with E-state index in [1.807, 2.05) is 4.90 Å². The van der Waals surface area contributed by atoms with Crippen LogP contribution >= 0.6 is 0 Å². The van der Waals surface area contributed by atoms with Gasteiger partial charge in [0.25, 0.3) is 0 Å². The van der Waals surface area contributed by atoms with E-state index < -0.39 is 17.0 Å². The van der Waals surface area contributed by atoms with Gasteiger partial charge in [0.15, 0.2) is 0 Å². The van der Waals surface area contributed by atoms with Crippen LogP contribution in [0.4, 0.5) is 8.78 Å². The van der Waals surface area contributed by atoms with Crippen LogP contribution in [-0.4, -0.2) is 23.9 Å². The highest BCUT2D eigenvalue weighted by Gasteiger charge is 2.44. The normalized spacial score (nSPS) is 16.5. The Labute approximate surface area is 142 Å². The zero-order valence-electron chi connectivity index (χ0n) is 14.3. The molecule has 1 aliphatic heterocycles. The quantitative estimate of drug-likeness (QED) is 0.638. The van der Waals surface area contributed by atoms with Gasteiger partial charge in [-0.15, -0.1) is 13.2 Å². The number of hydrogen-bond acceptors (Lipinski definition) is 1. The second-order valence-electron chi connectivity index (χ2n) is 6.58. The van der Waals surface area contributed by atoms with Gasteiger partial charge in [0.2, 0.25) is 5.91 Å². The molecule has 0 radical (unpaired) electrons.